The van der Waals surface area contributed by atoms with Crippen LogP contribution in [0.25, 0.3) is 0 Å². The summed E-state index contributed by atoms with van der Waals surface area (Å²) in [5, 5.41) is 2.57. The minimum absolute atomic E-state index is 0.0534. The van der Waals surface area contributed by atoms with E-state index in [0.717, 1.165) is 0 Å². The van der Waals surface area contributed by atoms with Gasteiger partial charge in [-0.25, -0.2) is 4.79 Å². The predicted molar refractivity (Wildman–Crippen MR) is 86.4 cm³/mol. The van der Waals surface area contributed by atoms with Gasteiger partial charge >= 0.3 is 6.09 Å². The van der Waals surface area contributed by atoms with Gasteiger partial charge in [0, 0.05) is 18.9 Å². The van der Waals surface area contributed by atoms with Gasteiger partial charge in [0.25, 0.3) is 0 Å². The molecule has 2 amide bonds. The fourth-order valence-electron chi connectivity index (χ4n) is 3.37. The third-order valence-corrected chi connectivity index (χ3v) is 4.39. The van der Waals surface area contributed by atoms with Crippen LogP contribution < -0.4 is 5.32 Å². The Hall–Kier alpha value is -1.92. The Morgan fingerprint density at radius 1 is 1.17 bits per heavy atom. The van der Waals surface area contributed by atoms with E-state index in [1.165, 1.54) is 11.8 Å². The number of ketones is 2. The first kappa shape index (κ1) is 18.4. The molecule has 2 rings (SSSR count). The lowest BCUT2D eigenvalue weighted by atomic mass is 9.98. The van der Waals surface area contributed by atoms with Crippen molar-refractivity contribution < 1.29 is 23.9 Å². The predicted octanol–water partition coefficient (Wildman–Crippen LogP) is 1.58. The Morgan fingerprint density at radius 3 is 2.42 bits per heavy atom. The molecule has 2 saturated heterocycles. The molecule has 0 aromatic rings. The summed E-state index contributed by atoms with van der Waals surface area (Å²) in [6.45, 7) is 6.66. The zero-order valence-corrected chi connectivity index (χ0v) is 14.8. The van der Waals surface area contributed by atoms with Gasteiger partial charge in [-0.05, 0) is 47.0 Å². The van der Waals surface area contributed by atoms with E-state index in [1.807, 2.05) is 0 Å². The highest BCUT2D eigenvalue weighted by molar-refractivity contribution is 5.94. The number of amides is 2. The standard InChI is InChI=1S/C17H26N2O5/c1-10(20)14-8-5-11-9-12(21)6-7-13(15(22)19(11)14)18-16(23)24-17(2,3)4/h11,13-14H,5-9H2,1-4H3,(H,18,23)/t11-,13+,14+/m1/s1. The molecular formula is C17H26N2O5. The molecule has 1 N–H and O–H groups in total. The highest BCUT2D eigenvalue weighted by Gasteiger charge is 2.44. The number of hydrogen-bond donors (Lipinski definition) is 1. The number of hydrogen-bond acceptors (Lipinski definition) is 5. The summed E-state index contributed by atoms with van der Waals surface area (Å²) in [6.07, 6.45) is 1.27. The third kappa shape index (κ3) is 4.33. The van der Waals surface area contributed by atoms with Crippen LogP contribution >= 0.6 is 0 Å². The van der Waals surface area contributed by atoms with Crippen LogP contribution in [0.5, 0.6) is 0 Å². The Morgan fingerprint density at radius 2 is 1.83 bits per heavy atom. The number of rotatable bonds is 2. The zero-order valence-electron chi connectivity index (χ0n) is 14.8. The van der Waals surface area contributed by atoms with Gasteiger partial charge in [0.15, 0.2) is 5.78 Å². The van der Waals surface area contributed by atoms with Gasteiger partial charge in [-0.3, -0.25) is 14.4 Å². The number of ether oxygens (including phenoxy) is 1. The smallest absolute Gasteiger partial charge is 0.408 e. The van der Waals surface area contributed by atoms with E-state index >= 15 is 0 Å². The number of nitrogens with one attached hydrogen (secondary N) is 1. The monoisotopic (exact) mass is 338 g/mol. The zero-order chi connectivity index (χ0) is 18.1. The summed E-state index contributed by atoms with van der Waals surface area (Å²) in [5.41, 5.74) is -0.678. The van der Waals surface area contributed by atoms with Gasteiger partial charge in [-0.2, -0.15) is 0 Å². The lowest BCUT2D eigenvalue weighted by molar-refractivity contribution is -0.143. The molecule has 0 aromatic heterocycles. The molecule has 0 radical (unpaired) electrons. The molecule has 7 heteroatoms. The second-order valence-electron chi connectivity index (χ2n) is 7.58. The second-order valence-corrected chi connectivity index (χ2v) is 7.58. The Balaban J connectivity index is 2.18. The van der Waals surface area contributed by atoms with Crippen LogP contribution in [-0.2, 0) is 19.1 Å². The van der Waals surface area contributed by atoms with Gasteiger partial charge in [0.05, 0.1) is 6.04 Å². The summed E-state index contributed by atoms with van der Waals surface area (Å²) >= 11 is 0. The van der Waals surface area contributed by atoms with E-state index in [9.17, 15) is 19.2 Å². The molecular weight excluding hydrogens is 312 g/mol. The van der Waals surface area contributed by atoms with Crippen molar-refractivity contribution in [2.24, 2.45) is 0 Å². The summed E-state index contributed by atoms with van der Waals surface area (Å²) in [7, 11) is 0. The highest BCUT2D eigenvalue weighted by atomic mass is 16.6. The SMILES string of the molecule is CC(=O)[C@@H]1CC[C@@H]2CC(=O)CC[C@H](NC(=O)OC(C)(C)C)C(=O)N21. The molecule has 2 aliphatic rings. The molecule has 0 saturated carbocycles. The molecule has 2 aliphatic heterocycles. The van der Waals surface area contributed by atoms with Crippen LogP contribution in [0.4, 0.5) is 4.79 Å². The van der Waals surface area contributed by atoms with Crippen LogP contribution in [0.3, 0.4) is 0 Å². The first-order valence-corrected chi connectivity index (χ1v) is 8.42. The van der Waals surface area contributed by atoms with Crippen molar-refractivity contribution in [2.75, 3.05) is 0 Å². The first-order valence-electron chi connectivity index (χ1n) is 8.42. The Kier molecular flexibility index (Phi) is 5.30. The number of nitrogens with zero attached hydrogens (tertiary/aromatic N) is 1. The van der Waals surface area contributed by atoms with Crippen molar-refractivity contribution in [1.82, 2.24) is 10.2 Å². The summed E-state index contributed by atoms with van der Waals surface area (Å²) in [4.78, 5) is 50.3. The molecule has 0 aliphatic carbocycles. The van der Waals surface area contributed by atoms with Crippen LogP contribution in [0.2, 0.25) is 0 Å². The fourth-order valence-corrected chi connectivity index (χ4v) is 3.37. The summed E-state index contributed by atoms with van der Waals surface area (Å²) in [5.74, 6) is -0.330. The molecule has 2 heterocycles. The van der Waals surface area contributed by atoms with Gasteiger partial charge in [-0.1, -0.05) is 0 Å². The third-order valence-electron chi connectivity index (χ3n) is 4.39. The van der Waals surface area contributed by atoms with E-state index in [0.29, 0.717) is 12.8 Å². The Bertz CT molecular complexity index is 552. The van der Waals surface area contributed by atoms with E-state index in [1.54, 1.807) is 20.8 Å². The van der Waals surface area contributed by atoms with Crippen molar-refractivity contribution in [3.8, 4) is 0 Å². The van der Waals surface area contributed by atoms with Crippen LogP contribution in [0.15, 0.2) is 0 Å². The molecule has 7 nitrogen and oxygen atoms in total. The lowest BCUT2D eigenvalue weighted by Gasteiger charge is -2.34. The van der Waals surface area contributed by atoms with E-state index in [-0.39, 0.29) is 42.8 Å². The number of carbonyl (C=O) groups is 4. The summed E-state index contributed by atoms with van der Waals surface area (Å²) in [6, 6.07) is -1.59. The van der Waals surface area contributed by atoms with Crippen LogP contribution in [0, 0.1) is 0 Å². The van der Waals surface area contributed by atoms with Gasteiger partial charge in [0.2, 0.25) is 5.91 Å². The topological polar surface area (TPSA) is 92.8 Å². The number of fused-ring (bicyclic) bond motifs is 1. The highest BCUT2D eigenvalue weighted by Crippen LogP contribution is 2.30. The van der Waals surface area contributed by atoms with Crippen molar-refractivity contribution in [1.29, 1.82) is 0 Å². The molecule has 134 valence electrons. The van der Waals surface area contributed by atoms with Crippen molar-refractivity contribution in [3.05, 3.63) is 0 Å². The van der Waals surface area contributed by atoms with Crippen molar-refractivity contribution in [3.63, 3.8) is 0 Å². The summed E-state index contributed by atoms with van der Waals surface area (Å²) < 4.78 is 5.20. The van der Waals surface area contributed by atoms with Gasteiger partial charge < -0.3 is 15.0 Å². The maximum atomic E-state index is 12.9. The molecule has 0 bridgehead atoms. The minimum atomic E-state index is -0.841. The van der Waals surface area contributed by atoms with E-state index < -0.39 is 23.8 Å². The second kappa shape index (κ2) is 6.91. The van der Waals surface area contributed by atoms with Gasteiger partial charge in [0.1, 0.15) is 17.4 Å². The molecule has 24 heavy (non-hydrogen) atoms. The van der Waals surface area contributed by atoms with E-state index in [4.69, 9.17) is 4.74 Å². The molecule has 2 fully saturated rings. The maximum absolute atomic E-state index is 12.9. The van der Waals surface area contributed by atoms with Gasteiger partial charge in [-0.15, -0.1) is 0 Å². The quantitative estimate of drug-likeness (QED) is 0.825. The van der Waals surface area contributed by atoms with Crippen molar-refractivity contribution >= 4 is 23.6 Å². The van der Waals surface area contributed by atoms with Crippen LogP contribution in [-0.4, -0.2) is 52.2 Å². The lowest BCUT2D eigenvalue weighted by Crippen LogP contribution is -2.55. The molecule has 0 aromatic carbocycles. The average molecular weight is 338 g/mol. The first-order chi connectivity index (χ1) is 11.1. The maximum Gasteiger partial charge on any atom is 0.408 e. The number of carbonyl (C=O) groups excluding carboxylic acids is 4. The number of Topliss-reactive ketones (excluding diaryl/α,β-unsaturated/α-hetero) is 2. The normalized spacial score (nSPS) is 28.0. The molecule has 0 unspecified atom stereocenters. The Labute approximate surface area is 142 Å². The number of alkyl carbamates (subject to hydrolysis) is 1. The van der Waals surface area contributed by atoms with E-state index in [2.05, 4.69) is 5.32 Å². The minimum Gasteiger partial charge on any atom is -0.444 e. The molecule has 3 atom stereocenters. The largest absolute Gasteiger partial charge is 0.444 e. The average Bonchev–Trinajstić information content (AvgIpc) is 2.82. The van der Waals surface area contributed by atoms with Crippen molar-refractivity contribution in [2.45, 2.75) is 83.5 Å². The van der Waals surface area contributed by atoms with Crippen LogP contribution in [0.1, 0.15) is 59.8 Å². The molecule has 0 spiro atoms. The fraction of sp³-hybridized carbons (Fsp3) is 0.765.